The van der Waals surface area contributed by atoms with Crippen LogP contribution in [0, 0.1) is 22.7 Å². The normalized spacial score (nSPS) is 18.3. The third-order valence-electron chi connectivity index (χ3n) is 5.14. The second-order valence-corrected chi connectivity index (χ2v) is 7.34. The Bertz CT molecular complexity index is 1180. The standard InChI is InChI=1S/C22H16F6N4O2/c1-2-13-7-12(9-29)3-6-17(13)31-19(33)18-11-32(20(34-18)22(26,27)28)15-5-4-14(10-30)16(8-15)21(23,24)25/h3-8,18,20H,2,11H2,1H3,(H,31,33). The van der Waals surface area contributed by atoms with Gasteiger partial charge in [0.2, 0.25) is 6.23 Å². The Morgan fingerprint density at radius 1 is 1.12 bits per heavy atom. The number of nitrogens with one attached hydrogen (secondary N) is 1. The van der Waals surface area contributed by atoms with Gasteiger partial charge in [0.15, 0.2) is 6.10 Å². The number of alkyl halides is 6. The summed E-state index contributed by atoms with van der Waals surface area (Å²) in [5.74, 6) is -0.930. The van der Waals surface area contributed by atoms with Crippen LogP contribution in [0.2, 0.25) is 0 Å². The predicted octanol–water partition coefficient (Wildman–Crippen LogP) is 4.74. The van der Waals surface area contributed by atoms with Gasteiger partial charge in [-0.15, -0.1) is 0 Å². The summed E-state index contributed by atoms with van der Waals surface area (Å²) in [5, 5.41) is 20.4. The molecule has 1 N–H and O–H groups in total. The van der Waals surface area contributed by atoms with Crippen molar-refractivity contribution in [2.45, 2.75) is 38.0 Å². The third kappa shape index (κ3) is 5.07. The van der Waals surface area contributed by atoms with Gasteiger partial charge in [-0.25, -0.2) is 0 Å². The lowest BCUT2D eigenvalue weighted by Gasteiger charge is -2.27. The van der Waals surface area contributed by atoms with Gasteiger partial charge >= 0.3 is 12.4 Å². The number of aryl methyl sites for hydroxylation is 1. The van der Waals surface area contributed by atoms with E-state index in [0.717, 1.165) is 12.1 Å². The van der Waals surface area contributed by atoms with E-state index in [1.165, 1.54) is 24.3 Å². The van der Waals surface area contributed by atoms with Crippen LogP contribution in [0.1, 0.15) is 29.2 Å². The van der Waals surface area contributed by atoms with Crippen LogP contribution in [0.25, 0.3) is 0 Å². The molecule has 1 amide bonds. The van der Waals surface area contributed by atoms with Crippen LogP contribution in [-0.4, -0.2) is 31.0 Å². The van der Waals surface area contributed by atoms with Crippen molar-refractivity contribution in [2.24, 2.45) is 0 Å². The Labute approximate surface area is 189 Å². The van der Waals surface area contributed by atoms with Gasteiger partial charge in [-0.2, -0.15) is 36.9 Å². The molecule has 1 aliphatic rings. The molecule has 1 heterocycles. The van der Waals surface area contributed by atoms with Crippen LogP contribution >= 0.6 is 0 Å². The minimum atomic E-state index is -5.02. The maximum Gasteiger partial charge on any atom is 0.433 e. The van der Waals surface area contributed by atoms with Crippen LogP contribution in [-0.2, 0) is 22.1 Å². The number of benzene rings is 2. The number of anilines is 2. The van der Waals surface area contributed by atoms with Gasteiger partial charge in [0.25, 0.3) is 5.91 Å². The number of carbonyl (C=O) groups is 1. The van der Waals surface area contributed by atoms with E-state index in [0.29, 0.717) is 28.5 Å². The summed E-state index contributed by atoms with van der Waals surface area (Å²) >= 11 is 0. The zero-order valence-corrected chi connectivity index (χ0v) is 17.5. The van der Waals surface area contributed by atoms with Crippen molar-refractivity contribution >= 4 is 17.3 Å². The molecule has 2 unspecified atom stereocenters. The molecule has 1 aliphatic heterocycles. The van der Waals surface area contributed by atoms with Crippen LogP contribution in [0.4, 0.5) is 37.7 Å². The first-order chi connectivity index (χ1) is 15.9. The molecule has 12 heteroatoms. The molecule has 0 aliphatic carbocycles. The first kappa shape index (κ1) is 24.9. The fourth-order valence-electron chi connectivity index (χ4n) is 3.52. The van der Waals surface area contributed by atoms with Crippen molar-refractivity contribution in [1.29, 1.82) is 10.5 Å². The molecule has 2 aromatic carbocycles. The van der Waals surface area contributed by atoms with Crippen LogP contribution in [0.5, 0.6) is 0 Å². The quantitative estimate of drug-likeness (QED) is 0.636. The number of amides is 1. The Kier molecular flexibility index (Phi) is 6.75. The Balaban J connectivity index is 1.91. The molecule has 1 saturated heterocycles. The lowest BCUT2D eigenvalue weighted by atomic mass is 10.1. The zero-order chi connectivity index (χ0) is 25.3. The molecule has 2 aromatic rings. The number of rotatable bonds is 4. The summed E-state index contributed by atoms with van der Waals surface area (Å²) in [7, 11) is 0. The number of ether oxygens (including phenoxy) is 1. The molecule has 34 heavy (non-hydrogen) atoms. The van der Waals surface area contributed by atoms with E-state index < -0.39 is 54.0 Å². The van der Waals surface area contributed by atoms with E-state index in [4.69, 9.17) is 15.3 Å². The van der Waals surface area contributed by atoms with Gasteiger partial charge in [0.05, 0.1) is 35.4 Å². The Morgan fingerprint density at radius 3 is 2.38 bits per heavy atom. The van der Waals surface area contributed by atoms with Gasteiger partial charge in [-0.1, -0.05) is 6.92 Å². The molecule has 0 saturated carbocycles. The summed E-state index contributed by atoms with van der Waals surface area (Å²) in [6, 6.07) is 9.80. The van der Waals surface area contributed by atoms with Crippen LogP contribution in [0.3, 0.4) is 0 Å². The number of nitriles is 2. The summed E-state index contributed by atoms with van der Waals surface area (Å²) < 4.78 is 85.7. The monoisotopic (exact) mass is 482 g/mol. The molecule has 0 spiro atoms. The first-order valence-corrected chi connectivity index (χ1v) is 9.83. The molecular weight excluding hydrogens is 466 g/mol. The van der Waals surface area contributed by atoms with Gasteiger partial charge in [-0.05, 0) is 48.4 Å². The average Bonchev–Trinajstić information content (AvgIpc) is 3.24. The molecule has 0 aromatic heterocycles. The predicted molar refractivity (Wildman–Crippen MR) is 107 cm³/mol. The van der Waals surface area contributed by atoms with Gasteiger partial charge in [-0.3, -0.25) is 4.79 Å². The second-order valence-electron chi connectivity index (χ2n) is 7.34. The highest BCUT2D eigenvalue weighted by atomic mass is 19.4. The number of carbonyl (C=O) groups excluding carboxylic acids is 1. The SMILES string of the molecule is CCc1cc(C#N)ccc1NC(=O)C1CN(c2ccc(C#N)c(C(F)(F)F)c2)C(C(F)(F)F)O1. The van der Waals surface area contributed by atoms with Crippen molar-refractivity contribution in [3.63, 3.8) is 0 Å². The molecule has 178 valence electrons. The molecule has 0 radical (unpaired) electrons. The third-order valence-corrected chi connectivity index (χ3v) is 5.14. The maximum absolute atomic E-state index is 13.6. The molecular formula is C22H16F6N4O2. The topological polar surface area (TPSA) is 89.2 Å². The van der Waals surface area contributed by atoms with E-state index in [-0.39, 0.29) is 5.69 Å². The Morgan fingerprint density at radius 2 is 1.82 bits per heavy atom. The Hall–Kier alpha value is -3.77. The lowest BCUT2D eigenvalue weighted by molar-refractivity contribution is -0.212. The van der Waals surface area contributed by atoms with Crippen LogP contribution in [0.15, 0.2) is 36.4 Å². The van der Waals surface area contributed by atoms with Gasteiger partial charge < -0.3 is 15.0 Å². The highest BCUT2D eigenvalue weighted by molar-refractivity contribution is 5.95. The fourth-order valence-corrected chi connectivity index (χ4v) is 3.52. The largest absolute Gasteiger partial charge is 0.433 e. The van der Waals surface area contributed by atoms with Crippen molar-refractivity contribution < 1.29 is 35.9 Å². The number of nitrogens with zero attached hydrogens (tertiary/aromatic N) is 3. The van der Waals surface area contributed by atoms with Crippen molar-refractivity contribution in [3.05, 3.63) is 58.7 Å². The highest BCUT2D eigenvalue weighted by Gasteiger charge is 2.52. The summed E-state index contributed by atoms with van der Waals surface area (Å²) in [4.78, 5) is 13.2. The number of halogens is 6. The first-order valence-electron chi connectivity index (χ1n) is 9.83. The van der Waals surface area contributed by atoms with Crippen molar-refractivity contribution in [1.82, 2.24) is 0 Å². The fraction of sp³-hybridized carbons (Fsp3) is 0.318. The van der Waals surface area contributed by atoms with E-state index in [1.54, 1.807) is 6.92 Å². The number of hydrogen-bond donors (Lipinski definition) is 1. The molecule has 2 atom stereocenters. The summed E-state index contributed by atoms with van der Waals surface area (Å²) in [6.07, 6.45) is -13.9. The second kappa shape index (κ2) is 9.23. The maximum atomic E-state index is 13.6. The molecule has 6 nitrogen and oxygen atoms in total. The van der Waals surface area contributed by atoms with Gasteiger partial charge in [0, 0.05) is 11.4 Å². The summed E-state index contributed by atoms with van der Waals surface area (Å²) in [6.45, 7) is 1.07. The zero-order valence-electron chi connectivity index (χ0n) is 17.5. The van der Waals surface area contributed by atoms with Crippen LogP contribution < -0.4 is 10.2 Å². The van der Waals surface area contributed by atoms with E-state index >= 15 is 0 Å². The highest BCUT2D eigenvalue weighted by Crippen LogP contribution is 2.39. The minimum absolute atomic E-state index is 0.273. The molecule has 3 rings (SSSR count). The number of hydrogen-bond acceptors (Lipinski definition) is 5. The van der Waals surface area contributed by atoms with E-state index in [9.17, 15) is 31.1 Å². The summed E-state index contributed by atoms with van der Waals surface area (Å²) in [5.41, 5.74) is -1.48. The smallest absolute Gasteiger partial charge is 0.335 e. The lowest BCUT2D eigenvalue weighted by Crippen LogP contribution is -2.42. The average molecular weight is 482 g/mol. The molecule has 1 fully saturated rings. The van der Waals surface area contributed by atoms with Gasteiger partial charge in [0.1, 0.15) is 0 Å². The van der Waals surface area contributed by atoms with Crippen molar-refractivity contribution in [2.75, 3.05) is 16.8 Å². The van der Waals surface area contributed by atoms with E-state index in [2.05, 4.69) is 5.32 Å². The van der Waals surface area contributed by atoms with Crippen molar-refractivity contribution in [3.8, 4) is 12.1 Å². The molecule has 0 bridgehead atoms. The minimum Gasteiger partial charge on any atom is -0.335 e. The van der Waals surface area contributed by atoms with E-state index in [1.807, 2.05) is 6.07 Å².